The molecule has 144 valence electrons. The molecule has 0 aromatic heterocycles. The molecule has 0 aliphatic heterocycles. The lowest BCUT2D eigenvalue weighted by molar-refractivity contribution is -0.130. The predicted octanol–water partition coefficient (Wildman–Crippen LogP) is 3.49. The van der Waals surface area contributed by atoms with Gasteiger partial charge in [0.1, 0.15) is 5.60 Å². The Hall–Kier alpha value is -2.57. The quantitative estimate of drug-likeness (QED) is 0.798. The first-order valence-electron chi connectivity index (χ1n) is 8.40. The number of ether oxygens (including phenoxy) is 2. The van der Waals surface area contributed by atoms with E-state index < -0.39 is 29.3 Å². The molecule has 1 unspecified atom stereocenters. The van der Waals surface area contributed by atoms with Crippen LogP contribution in [-0.2, 0) is 14.3 Å². The monoisotopic (exact) mass is 364 g/mol. The second-order valence-corrected chi connectivity index (χ2v) is 7.99. The molecule has 0 aliphatic carbocycles. The van der Waals surface area contributed by atoms with Gasteiger partial charge in [-0.15, -0.1) is 0 Å². The second-order valence-electron chi connectivity index (χ2n) is 7.99. The van der Waals surface area contributed by atoms with Crippen LogP contribution < -0.4 is 10.6 Å². The van der Waals surface area contributed by atoms with Gasteiger partial charge in [-0.1, -0.05) is 6.07 Å². The van der Waals surface area contributed by atoms with E-state index in [-0.39, 0.29) is 11.5 Å². The van der Waals surface area contributed by atoms with Gasteiger partial charge in [0.25, 0.3) is 5.91 Å². The van der Waals surface area contributed by atoms with E-state index in [1.807, 2.05) is 20.8 Å². The molecular formula is C19H28N2O5. The van der Waals surface area contributed by atoms with Crippen LogP contribution in [0.4, 0.5) is 10.5 Å². The van der Waals surface area contributed by atoms with Gasteiger partial charge < -0.3 is 14.8 Å². The fourth-order valence-electron chi connectivity index (χ4n) is 1.90. The lowest BCUT2D eigenvalue weighted by atomic mass is 10.1. The van der Waals surface area contributed by atoms with E-state index in [1.54, 1.807) is 32.9 Å². The zero-order valence-electron chi connectivity index (χ0n) is 16.4. The third kappa shape index (κ3) is 8.00. The van der Waals surface area contributed by atoms with Crippen LogP contribution in [0.5, 0.6) is 0 Å². The first-order valence-corrected chi connectivity index (χ1v) is 8.40. The summed E-state index contributed by atoms with van der Waals surface area (Å²) in [4.78, 5) is 36.1. The van der Waals surface area contributed by atoms with Gasteiger partial charge in [0.2, 0.25) is 0 Å². The van der Waals surface area contributed by atoms with E-state index in [2.05, 4.69) is 10.6 Å². The van der Waals surface area contributed by atoms with Crippen molar-refractivity contribution in [2.24, 2.45) is 0 Å². The van der Waals surface area contributed by atoms with Gasteiger partial charge in [0.15, 0.2) is 6.10 Å². The number of esters is 1. The van der Waals surface area contributed by atoms with Gasteiger partial charge in [-0.25, -0.2) is 9.59 Å². The van der Waals surface area contributed by atoms with Gasteiger partial charge in [0.05, 0.1) is 5.56 Å². The molecular weight excluding hydrogens is 336 g/mol. The standard InChI is InChI=1S/C19H28N2O5/c1-12(15(22)21-18(2,3)4)25-16(23)13-9-8-10-14(11-13)20-17(24)26-19(5,6)7/h8-12H,1-7H3,(H,20,24)(H,21,22). The van der Waals surface area contributed by atoms with Crippen LogP contribution in [0, 0.1) is 0 Å². The summed E-state index contributed by atoms with van der Waals surface area (Å²) >= 11 is 0. The summed E-state index contributed by atoms with van der Waals surface area (Å²) in [5, 5.41) is 5.30. The number of hydrogen-bond donors (Lipinski definition) is 2. The van der Waals surface area contributed by atoms with Crippen LogP contribution in [0.1, 0.15) is 58.8 Å². The highest BCUT2D eigenvalue weighted by molar-refractivity contribution is 5.94. The maximum Gasteiger partial charge on any atom is 0.412 e. The summed E-state index contributed by atoms with van der Waals surface area (Å²) < 4.78 is 10.4. The molecule has 26 heavy (non-hydrogen) atoms. The molecule has 2 amide bonds. The Kier molecular flexibility index (Phi) is 6.78. The number of amides is 2. The Morgan fingerprint density at radius 1 is 1.04 bits per heavy atom. The van der Waals surface area contributed by atoms with Crippen molar-refractivity contribution in [3.8, 4) is 0 Å². The first-order chi connectivity index (χ1) is 11.8. The predicted molar refractivity (Wildman–Crippen MR) is 99.1 cm³/mol. The summed E-state index contributed by atoms with van der Waals surface area (Å²) in [6.45, 7) is 12.3. The largest absolute Gasteiger partial charge is 0.449 e. The van der Waals surface area contributed by atoms with Crippen LogP contribution in [-0.4, -0.2) is 35.2 Å². The van der Waals surface area contributed by atoms with Crippen LogP contribution in [0.25, 0.3) is 0 Å². The minimum Gasteiger partial charge on any atom is -0.449 e. The number of benzene rings is 1. The summed E-state index contributed by atoms with van der Waals surface area (Å²) in [5.41, 5.74) is -0.444. The highest BCUT2D eigenvalue weighted by Gasteiger charge is 2.23. The SMILES string of the molecule is CC(OC(=O)c1cccc(NC(=O)OC(C)(C)C)c1)C(=O)NC(C)(C)C. The zero-order chi connectivity index (χ0) is 20.1. The molecule has 0 radical (unpaired) electrons. The van der Waals surface area contributed by atoms with Crippen molar-refractivity contribution in [1.82, 2.24) is 5.32 Å². The van der Waals surface area contributed by atoms with Crippen molar-refractivity contribution in [1.29, 1.82) is 0 Å². The molecule has 1 aromatic rings. The summed E-state index contributed by atoms with van der Waals surface area (Å²) in [6.07, 6.45) is -1.56. The van der Waals surface area contributed by atoms with E-state index in [1.165, 1.54) is 19.1 Å². The van der Waals surface area contributed by atoms with Gasteiger partial charge >= 0.3 is 12.1 Å². The van der Waals surface area contributed by atoms with E-state index in [0.29, 0.717) is 5.69 Å². The van der Waals surface area contributed by atoms with Gasteiger partial charge in [-0.2, -0.15) is 0 Å². The Morgan fingerprint density at radius 3 is 2.19 bits per heavy atom. The third-order valence-corrected chi connectivity index (χ3v) is 2.89. The van der Waals surface area contributed by atoms with Crippen molar-refractivity contribution < 1.29 is 23.9 Å². The Bertz CT molecular complexity index is 671. The molecule has 0 fully saturated rings. The van der Waals surface area contributed by atoms with Crippen molar-refractivity contribution in [2.75, 3.05) is 5.32 Å². The molecule has 0 saturated heterocycles. The minimum absolute atomic E-state index is 0.217. The highest BCUT2D eigenvalue weighted by atomic mass is 16.6. The number of nitrogens with one attached hydrogen (secondary N) is 2. The molecule has 1 rings (SSSR count). The van der Waals surface area contributed by atoms with Crippen LogP contribution in [0.3, 0.4) is 0 Å². The van der Waals surface area contributed by atoms with Crippen molar-refractivity contribution in [3.05, 3.63) is 29.8 Å². The smallest absolute Gasteiger partial charge is 0.412 e. The number of carbonyl (C=O) groups is 3. The molecule has 2 N–H and O–H groups in total. The maximum atomic E-state index is 12.2. The Labute approximate surface area is 154 Å². The minimum atomic E-state index is -0.941. The number of carbonyl (C=O) groups excluding carboxylic acids is 3. The summed E-state index contributed by atoms with van der Waals surface area (Å²) in [5.74, 6) is -1.04. The fraction of sp³-hybridized carbons (Fsp3) is 0.526. The average Bonchev–Trinajstić information content (AvgIpc) is 2.43. The molecule has 0 aliphatic rings. The van der Waals surface area contributed by atoms with E-state index in [4.69, 9.17) is 9.47 Å². The van der Waals surface area contributed by atoms with Crippen LogP contribution in [0.2, 0.25) is 0 Å². The van der Waals surface area contributed by atoms with E-state index >= 15 is 0 Å². The number of hydrogen-bond acceptors (Lipinski definition) is 5. The Morgan fingerprint density at radius 2 is 1.65 bits per heavy atom. The molecule has 0 bridgehead atoms. The molecule has 1 atom stereocenters. The maximum absolute atomic E-state index is 12.2. The van der Waals surface area contributed by atoms with Gasteiger partial charge in [0, 0.05) is 11.2 Å². The van der Waals surface area contributed by atoms with Crippen molar-refractivity contribution >= 4 is 23.7 Å². The molecule has 0 saturated carbocycles. The van der Waals surface area contributed by atoms with Crippen LogP contribution in [0.15, 0.2) is 24.3 Å². The zero-order valence-corrected chi connectivity index (χ0v) is 16.4. The molecule has 7 nitrogen and oxygen atoms in total. The third-order valence-electron chi connectivity index (χ3n) is 2.89. The van der Waals surface area contributed by atoms with E-state index in [0.717, 1.165) is 0 Å². The fourth-order valence-corrected chi connectivity index (χ4v) is 1.90. The Balaban J connectivity index is 2.73. The first kappa shape index (κ1) is 21.5. The normalized spacial score (nSPS) is 12.7. The lowest BCUT2D eigenvalue weighted by Crippen LogP contribution is -2.46. The van der Waals surface area contributed by atoms with Gasteiger partial charge in [-0.3, -0.25) is 10.1 Å². The topological polar surface area (TPSA) is 93.7 Å². The lowest BCUT2D eigenvalue weighted by Gasteiger charge is -2.23. The number of rotatable bonds is 4. The second kappa shape index (κ2) is 8.21. The molecule has 1 aromatic carbocycles. The molecule has 0 heterocycles. The average molecular weight is 364 g/mol. The van der Waals surface area contributed by atoms with Crippen molar-refractivity contribution in [3.63, 3.8) is 0 Å². The number of anilines is 1. The van der Waals surface area contributed by atoms with Crippen molar-refractivity contribution in [2.45, 2.75) is 65.7 Å². The molecule has 0 spiro atoms. The van der Waals surface area contributed by atoms with Gasteiger partial charge in [-0.05, 0) is 66.7 Å². The summed E-state index contributed by atoms with van der Waals surface area (Å²) in [6, 6.07) is 6.22. The molecule has 7 heteroatoms. The summed E-state index contributed by atoms with van der Waals surface area (Å²) in [7, 11) is 0. The van der Waals surface area contributed by atoms with E-state index in [9.17, 15) is 14.4 Å². The highest BCUT2D eigenvalue weighted by Crippen LogP contribution is 2.15. The van der Waals surface area contributed by atoms with Crippen LogP contribution >= 0.6 is 0 Å².